The predicted molar refractivity (Wildman–Crippen MR) is 135 cm³/mol. The average molecular weight is 649 g/mol. The molecule has 232 valence electrons. The Balaban J connectivity index is 1.28. The fourth-order valence-electron chi connectivity index (χ4n) is 4.70. The second-order valence-corrected chi connectivity index (χ2v) is 14.3. The Hall–Kier alpha value is -1.12. The molecule has 2 saturated heterocycles. The van der Waals surface area contributed by atoms with Gasteiger partial charge in [-0.1, -0.05) is 6.92 Å². The molecule has 4 aliphatic heterocycles. The number of aliphatic imine (C=N–C) groups is 1. The second kappa shape index (κ2) is 12.1. The van der Waals surface area contributed by atoms with Crippen LogP contribution in [0.5, 0.6) is 0 Å². The number of phosphoric acid groups is 3. The molecule has 7 unspecified atom stereocenters. The number of guanidine groups is 1. The van der Waals surface area contributed by atoms with Crippen molar-refractivity contribution in [3.63, 3.8) is 0 Å². The van der Waals surface area contributed by atoms with E-state index in [0.29, 0.717) is 24.6 Å². The fourth-order valence-corrected chi connectivity index (χ4v) is 8.24. The van der Waals surface area contributed by atoms with Crippen LogP contribution in [0.15, 0.2) is 16.5 Å². The van der Waals surface area contributed by atoms with Gasteiger partial charge >= 0.3 is 23.5 Å². The van der Waals surface area contributed by atoms with Crippen molar-refractivity contribution < 1.29 is 70.8 Å². The number of nitrogens with two attached hydrogens (primary N) is 1. The maximum absolute atomic E-state index is 12.3. The summed E-state index contributed by atoms with van der Waals surface area (Å²) >= 11 is 0. The van der Waals surface area contributed by atoms with E-state index in [4.69, 9.17) is 27.6 Å². The summed E-state index contributed by atoms with van der Waals surface area (Å²) in [4.78, 5) is 36.8. The Morgan fingerprint density at radius 1 is 1.05 bits per heavy atom. The third-order valence-electron chi connectivity index (χ3n) is 6.46. The molecule has 20 nitrogen and oxygen atoms in total. The Morgan fingerprint density at radius 3 is 2.24 bits per heavy atom. The molecule has 4 rings (SSSR count). The molecule has 0 amide bonds. The highest BCUT2D eigenvalue weighted by atomic mass is 31.3. The van der Waals surface area contributed by atoms with Gasteiger partial charge in [-0.2, -0.15) is 8.62 Å². The molecule has 0 bridgehead atoms. The van der Waals surface area contributed by atoms with Crippen LogP contribution < -0.4 is 11.1 Å². The molecule has 0 aromatic heterocycles. The molecule has 4 aliphatic rings. The fraction of sp³-hybridized carbons (Fsp3) is 0.824. The lowest BCUT2D eigenvalue weighted by Gasteiger charge is -2.31. The van der Waals surface area contributed by atoms with Crippen molar-refractivity contribution in [3.8, 4) is 0 Å². The van der Waals surface area contributed by atoms with Crippen molar-refractivity contribution in [2.24, 2.45) is 16.6 Å². The summed E-state index contributed by atoms with van der Waals surface area (Å²) in [6.07, 6.45) is -6.76. The first-order chi connectivity index (χ1) is 18.9. The molecule has 0 aromatic carbocycles. The molecular weight excluding hydrogens is 618 g/mol. The summed E-state index contributed by atoms with van der Waals surface area (Å²) < 4.78 is 64.7. The molecule has 0 saturated carbocycles. The Kier molecular flexibility index (Phi) is 9.69. The van der Waals surface area contributed by atoms with E-state index in [2.05, 4.69) is 23.5 Å². The van der Waals surface area contributed by atoms with E-state index in [-0.39, 0.29) is 11.9 Å². The van der Waals surface area contributed by atoms with Gasteiger partial charge in [-0.25, -0.2) is 18.7 Å². The van der Waals surface area contributed by atoms with E-state index < -0.39 is 79.6 Å². The highest BCUT2D eigenvalue weighted by Crippen LogP contribution is 2.67. The summed E-state index contributed by atoms with van der Waals surface area (Å²) in [5, 5.41) is 32.4. The van der Waals surface area contributed by atoms with E-state index in [1.54, 1.807) is 16.8 Å². The van der Waals surface area contributed by atoms with Gasteiger partial charge in [0.2, 0.25) is 0 Å². The largest absolute Gasteiger partial charge is 0.490 e. The quantitative estimate of drug-likeness (QED) is 0.0836. The van der Waals surface area contributed by atoms with Crippen LogP contribution in [-0.2, 0) is 40.8 Å². The van der Waals surface area contributed by atoms with Crippen molar-refractivity contribution in [1.82, 2.24) is 15.1 Å². The highest BCUT2D eigenvalue weighted by molar-refractivity contribution is 7.66. The molecular formula is C17H31BN5O15P3. The maximum Gasteiger partial charge on any atom is 0.490 e. The number of likely N-dealkylation sites (N-methyl/N-ethyl adjacent to an activating group) is 1. The molecule has 0 aliphatic carbocycles. The zero-order valence-corrected chi connectivity index (χ0v) is 24.3. The number of hydrogen-bond acceptors (Lipinski definition) is 17. The minimum Gasteiger partial charge on any atom is -0.388 e. The molecule has 0 spiro atoms. The Bertz CT molecular complexity index is 1210. The average Bonchev–Trinajstić information content (AvgIpc) is 3.44. The van der Waals surface area contributed by atoms with Crippen molar-refractivity contribution in [2.45, 2.75) is 56.2 Å². The molecule has 24 heteroatoms. The first kappa shape index (κ1) is 32.8. The topological polar surface area (TPSA) is 285 Å². The van der Waals surface area contributed by atoms with Gasteiger partial charge in [0.25, 0.3) is 0 Å². The van der Waals surface area contributed by atoms with E-state index >= 15 is 0 Å². The number of aliphatic hydroxyl groups excluding tert-OH is 3. The second-order valence-electron chi connectivity index (χ2n) is 9.70. The van der Waals surface area contributed by atoms with Crippen molar-refractivity contribution in [3.05, 3.63) is 11.5 Å². The molecule has 0 aromatic rings. The van der Waals surface area contributed by atoms with Crippen molar-refractivity contribution in [2.75, 3.05) is 26.9 Å². The summed E-state index contributed by atoms with van der Waals surface area (Å²) in [6, 6.07) is -1.32. The monoisotopic (exact) mass is 649 g/mol. The van der Waals surface area contributed by atoms with Gasteiger partial charge in [-0.15, -0.1) is 0 Å². The van der Waals surface area contributed by atoms with Gasteiger partial charge in [0, 0.05) is 19.0 Å². The molecule has 9 N–H and O–H groups in total. The SMILES string of the molecule is [B][C@@H]1O[C@H](COP(=O)(O)OP(=O)(O)OP(=O)(O)OC[C@@H]2CC(C)[C@H](N3CN(C)C4=C3NC(N)=NC4O)O2)C(O)C1O. The minimum absolute atomic E-state index is 0.00129. The Morgan fingerprint density at radius 2 is 1.66 bits per heavy atom. The third-order valence-corrected chi connectivity index (χ3v) is 10.7. The van der Waals surface area contributed by atoms with Crippen LogP contribution in [0.1, 0.15) is 13.3 Å². The van der Waals surface area contributed by atoms with Crippen LogP contribution >= 0.6 is 23.5 Å². The van der Waals surface area contributed by atoms with Crippen LogP contribution in [-0.4, -0.2) is 123 Å². The van der Waals surface area contributed by atoms with Gasteiger partial charge in [-0.05, 0) is 6.42 Å². The maximum atomic E-state index is 12.3. The standard InChI is InChI=1S/C17H31BN5O15P3/c1-7-3-8(35-16(7)23-6-22(2)10-14(23)20-17(19)21-15(10)26)4-33-39(27,28)37-41(31,32)38-40(29,30)34-5-9-11(24)12(25)13(18)36-9/h7-9,11-13,15-16,24-26H,3-6H2,1-2H3,(H,27,28)(H,29,30)(H,31,32)(H3,19,20,21)/t7?,8-,9+,11?,12?,13+,15?,16+/m0/s1. The number of rotatable bonds is 11. The van der Waals surface area contributed by atoms with E-state index in [1.165, 1.54) is 0 Å². The summed E-state index contributed by atoms with van der Waals surface area (Å²) in [6.45, 7) is 0.643. The van der Waals surface area contributed by atoms with Gasteiger partial charge in [0.15, 0.2) is 12.2 Å². The number of aliphatic hydroxyl groups is 3. The van der Waals surface area contributed by atoms with E-state index in [9.17, 15) is 43.7 Å². The first-order valence-electron chi connectivity index (χ1n) is 12.0. The van der Waals surface area contributed by atoms with Gasteiger partial charge in [-0.3, -0.25) is 9.05 Å². The highest BCUT2D eigenvalue weighted by Gasteiger charge is 2.47. The third kappa shape index (κ3) is 7.70. The smallest absolute Gasteiger partial charge is 0.388 e. The van der Waals surface area contributed by atoms with Crippen LogP contribution in [0, 0.1) is 5.92 Å². The van der Waals surface area contributed by atoms with Crippen LogP contribution in [0.25, 0.3) is 0 Å². The first-order valence-corrected chi connectivity index (χ1v) is 16.5. The van der Waals surface area contributed by atoms with Crippen LogP contribution in [0.3, 0.4) is 0 Å². The minimum atomic E-state index is -5.74. The molecule has 11 atom stereocenters. The van der Waals surface area contributed by atoms with Crippen molar-refractivity contribution in [1.29, 1.82) is 0 Å². The molecule has 4 heterocycles. The number of hydrogen-bond donors (Lipinski definition) is 8. The van der Waals surface area contributed by atoms with E-state index in [1.807, 2.05) is 6.92 Å². The van der Waals surface area contributed by atoms with Crippen LogP contribution in [0.4, 0.5) is 0 Å². The lowest BCUT2D eigenvalue weighted by Crippen LogP contribution is -2.46. The normalized spacial score (nSPS) is 38.2. The lowest BCUT2D eigenvalue weighted by molar-refractivity contribution is -0.0691. The zero-order chi connectivity index (χ0) is 30.5. The summed E-state index contributed by atoms with van der Waals surface area (Å²) in [5.41, 5.74) is 6.21. The number of ether oxygens (including phenoxy) is 2. The zero-order valence-electron chi connectivity index (χ0n) is 21.6. The number of phosphoric ester groups is 2. The lowest BCUT2D eigenvalue weighted by atomic mass is 9.93. The molecule has 2 radical (unpaired) electrons. The van der Waals surface area contributed by atoms with Gasteiger partial charge in [0.05, 0.1) is 32.1 Å². The summed E-state index contributed by atoms with van der Waals surface area (Å²) in [7, 11) is -9.44. The Labute approximate surface area is 234 Å². The molecule has 2 fully saturated rings. The number of nitrogens with one attached hydrogen (secondary N) is 1. The van der Waals surface area contributed by atoms with Gasteiger partial charge in [0.1, 0.15) is 37.8 Å². The molecule has 41 heavy (non-hydrogen) atoms. The van der Waals surface area contributed by atoms with Crippen molar-refractivity contribution >= 4 is 37.3 Å². The number of nitrogens with zero attached hydrogens (tertiary/aromatic N) is 3. The summed E-state index contributed by atoms with van der Waals surface area (Å²) in [5.74, 6) is 0.315. The van der Waals surface area contributed by atoms with Gasteiger partial charge < -0.3 is 60.3 Å². The van der Waals surface area contributed by atoms with E-state index in [0.717, 1.165) is 0 Å². The van der Waals surface area contributed by atoms with Crippen LogP contribution in [0.2, 0.25) is 0 Å². The predicted octanol–water partition coefficient (Wildman–Crippen LogP) is -2.67.